The van der Waals surface area contributed by atoms with Crippen molar-refractivity contribution < 1.29 is 22.4 Å². The second-order valence-corrected chi connectivity index (χ2v) is 6.45. The Hall–Kier alpha value is -3.67. The lowest BCUT2D eigenvalue weighted by Crippen LogP contribution is -2.31. The topological polar surface area (TPSA) is 51.0 Å². The number of carbonyl (C=O) groups excluding carboxylic acids is 1. The second kappa shape index (κ2) is 8.37. The number of nitrogens with zero attached hydrogens (tertiary/aromatic N) is 4. The van der Waals surface area contributed by atoms with Gasteiger partial charge >= 0.3 is 6.18 Å². The number of carbonyl (C=O) groups is 1. The zero-order chi connectivity index (χ0) is 21.9. The summed E-state index contributed by atoms with van der Waals surface area (Å²) in [5, 5.41) is 4.08. The number of hydrogen-bond acceptors (Lipinski definition) is 3. The van der Waals surface area contributed by atoms with Crippen molar-refractivity contribution in [2.24, 2.45) is 0 Å². The molecule has 154 valence electrons. The lowest BCUT2D eigenvalue weighted by molar-refractivity contribution is -0.137. The predicted octanol–water partition coefficient (Wildman–Crippen LogP) is 4.01. The second-order valence-electron chi connectivity index (χ2n) is 6.45. The first-order chi connectivity index (χ1) is 14.2. The zero-order valence-electron chi connectivity index (χ0n) is 15.8. The summed E-state index contributed by atoms with van der Waals surface area (Å²) in [7, 11) is 0. The van der Waals surface area contributed by atoms with Gasteiger partial charge in [0.25, 0.3) is 5.91 Å². The molecule has 0 aliphatic carbocycles. The summed E-state index contributed by atoms with van der Waals surface area (Å²) in [4.78, 5) is 18.2. The number of terminal acetylenes is 1. The van der Waals surface area contributed by atoms with Crippen molar-refractivity contribution >= 4 is 5.91 Å². The molecular weight excluding hydrogens is 400 g/mol. The molecule has 0 saturated heterocycles. The maximum atomic E-state index is 13.1. The Morgan fingerprint density at radius 1 is 1.17 bits per heavy atom. The number of pyridine rings is 1. The molecule has 0 bridgehead atoms. The van der Waals surface area contributed by atoms with E-state index in [1.165, 1.54) is 34.0 Å². The molecule has 1 aromatic carbocycles. The minimum Gasteiger partial charge on any atom is -0.323 e. The zero-order valence-corrected chi connectivity index (χ0v) is 15.8. The monoisotopic (exact) mass is 416 g/mol. The van der Waals surface area contributed by atoms with Crippen LogP contribution in [0.2, 0.25) is 0 Å². The fourth-order valence-corrected chi connectivity index (χ4v) is 2.82. The molecule has 2 aromatic heterocycles. The van der Waals surface area contributed by atoms with Crippen LogP contribution >= 0.6 is 0 Å². The summed E-state index contributed by atoms with van der Waals surface area (Å²) >= 11 is 0. The van der Waals surface area contributed by atoms with Crippen LogP contribution in [0.1, 0.15) is 27.2 Å². The van der Waals surface area contributed by atoms with Crippen LogP contribution in [0.4, 0.5) is 17.6 Å². The highest BCUT2D eigenvalue weighted by Gasteiger charge is 2.31. The van der Waals surface area contributed by atoms with E-state index in [0.717, 1.165) is 6.07 Å². The molecule has 0 saturated carbocycles. The molecule has 0 fully saturated rings. The van der Waals surface area contributed by atoms with Crippen LogP contribution < -0.4 is 0 Å². The van der Waals surface area contributed by atoms with E-state index in [1.54, 1.807) is 19.1 Å². The lowest BCUT2D eigenvalue weighted by Gasteiger charge is -2.20. The Morgan fingerprint density at radius 2 is 1.87 bits per heavy atom. The van der Waals surface area contributed by atoms with Gasteiger partial charge in [0.15, 0.2) is 5.82 Å². The Labute approximate surface area is 170 Å². The van der Waals surface area contributed by atoms with Gasteiger partial charge in [-0.15, -0.1) is 6.42 Å². The number of hydrogen-bond donors (Lipinski definition) is 0. The number of aromatic nitrogens is 3. The Balaban J connectivity index is 1.86. The van der Waals surface area contributed by atoms with Crippen LogP contribution in [-0.2, 0) is 12.7 Å². The molecule has 5 nitrogen and oxygen atoms in total. The third kappa shape index (κ3) is 4.49. The summed E-state index contributed by atoms with van der Waals surface area (Å²) in [6.07, 6.45) is 2.90. The van der Waals surface area contributed by atoms with Gasteiger partial charge in [0.2, 0.25) is 0 Å². The molecule has 0 radical (unpaired) electrons. The van der Waals surface area contributed by atoms with Crippen molar-refractivity contribution in [1.82, 2.24) is 19.7 Å². The van der Waals surface area contributed by atoms with Crippen molar-refractivity contribution in [3.05, 3.63) is 77.0 Å². The maximum Gasteiger partial charge on any atom is 0.417 e. The average Bonchev–Trinajstić information content (AvgIpc) is 3.09. The first-order valence-electron chi connectivity index (χ1n) is 8.76. The minimum absolute atomic E-state index is 0.0133. The fourth-order valence-electron chi connectivity index (χ4n) is 2.82. The van der Waals surface area contributed by atoms with E-state index in [4.69, 9.17) is 6.42 Å². The fraction of sp³-hybridized carbons (Fsp3) is 0.190. The van der Waals surface area contributed by atoms with Gasteiger partial charge in [0.1, 0.15) is 5.82 Å². The predicted molar refractivity (Wildman–Crippen MR) is 101 cm³/mol. The standard InChI is InChI=1S/C21H16F4N4O/c1-3-10-28(13-15-4-7-17(22)8-5-15)20(30)18-12-27-29(14(18)2)19-9-6-16(11-26-19)21(23,24)25/h1,4-9,11-12H,10,13H2,2H3. The molecule has 3 rings (SSSR count). The smallest absolute Gasteiger partial charge is 0.323 e. The summed E-state index contributed by atoms with van der Waals surface area (Å²) in [6, 6.07) is 7.74. The van der Waals surface area contributed by atoms with E-state index in [-0.39, 0.29) is 24.5 Å². The molecule has 0 aliphatic heterocycles. The molecule has 30 heavy (non-hydrogen) atoms. The highest BCUT2D eigenvalue weighted by Crippen LogP contribution is 2.29. The summed E-state index contributed by atoms with van der Waals surface area (Å²) < 4.78 is 52.6. The Bertz CT molecular complexity index is 1080. The molecule has 2 heterocycles. The molecule has 9 heteroatoms. The molecule has 0 N–H and O–H groups in total. The Kier molecular flexibility index (Phi) is 5.87. The summed E-state index contributed by atoms with van der Waals surface area (Å²) in [5.41, 5.74) is 0.434. The molecule has 0 unspecified atom stereocenters. The van der Waals surface area contributed by atoms with Gasteiger partial charge in [0, 0.05) is 12.7 Å². The highest BCUT2D eigenvalue weighted by atomic mass is 19.4. The van der Waals surface area contributed by atoms with E-state index in [2.05, 4.69) is 16.0 Å². The van der Waals surface area contributed by atoms with Gasteiger partial charge in [-0.3, -0.25) is 4.79 Å². The normalized spacial score (nSPS) is 11.2. The minimum atomic E-state index is -4.50. The van der Waals surface area contributed by atoms with Crippen molar-refractivity contribution in [1.29, 1.82) is 0 Å². The van der Waals surface area contributed by atoms with E-state index in [9.17, 15) is 22.4 Å². The molecule has 0 aliphatic rings. The van der Waals surface area contributed by atoms with Crippen LogP contribution in [0.25, 0.3) is 5.82 Å². The van der Waals surface area contributed by atoms with Gasteiger partial charge in [-0.05, 0) is 36.8 Å². The van der Waals surface area contributed by atoms with Crippen LogP contribution in [-0.4, -0.2) is 32.1 Å². The Morgan fingerprint density at radius 3 is 2.43 bits per heavy atom. The number of rotatable bonds is 5. The van der Waals surface area contributed by atoms with Crippen LogP contribution in [0, 0.1) is 25.1 Å². The van der Waals surface area contributed by atoms with E-state index in [0.29, 0.717) is 17.5 Å². The average molecular weight is 416 g/mol. The summed E-state index contributed by atoms with van der Waals surface area (Å²) in [5.74, 6) is 1.75. The van der Waals surface area contributed by atoms with Gasteiger partial charge in [-0.2, -0.15) is 18.3 Å². The van der Waals surface area contributed by atoms with E-state index in [1.807, 2.05) is 0 Å². The molecule has 0 atom stereocenters. The van der Waals surface area contributed by atoms with Gasteiger partial charge in [0.05, 0.1) is 29.6 Å². The first kappa shape index (κ1) is 21.0. The van der Waals surface area contributed by atoms with Gasteiger partial charge in [-0.25, -0.2) is 14.1 Å². The molecular formula is C21H16F4N4O. The van der Waals surface area contributed by atoms with Crippen LogP contribution in [0.15, 0.2) is 48.8 Å². The summed E-state index contributed by atoms with van der Waals surface area (Å²) in [6.45, 7) is 1.78. The number of amides is 1. The quantitative estimate of drug-likeness (QED) is 0.467. The molecule has 1 amide bonds. The SMILES string of the molecule is C#CCN(Cc1ccc(F)cc1)C(=O)c1cnn(-c2ccc(C(F)(F)F)cn2)c1C. The third-order valence-corrected chi connectivity index (χ3v) is 4.39. The van der Waals surface area contributed by atoms with Crippen molar-refractivity contribution in [3.8, 4) is 18.2 Å². The van der Waals surface area contributed by atoms with E-state index < -0.39 is 23.5 Å². The molecule has 3 aromatic rings. The largest absolute Gasteiger partial charge is 0.417 e. The molecule has 0 spiro atoms. The first-order valence-corrected chi connectivity index (χ1v) is 8.76. The maximum absolute atomic E-state index is 13.1. The van der Waals surface area contributed by atoms with Gasteiger partial charge in [-0.1, -0.05) is 18.1 Å². The van der Waals surface area contributed by atoms with Crippen molar-refractivity contribution in [2.75, 3.05) is 6.54 Å². The lowest BCUT2D eigenvalue weighted by atomic mass is 10.1. The van der Waals surface area contributed by atoms with E-state index >= 15 is 0 Å². The number of halogens is 4. The van der Waals surface area contributed by atoms with Gasteiger partial charge < -0.3 is 4.90 Å². The number of benzene rings is 1. The highest BCUT2D eigenvalue weighted by molar-refractivity contribution is 5.95. The van der Waals surface area contributed by atoms with Crippen LogP contribution in [0.3, 0.4) is 0 Å². The van der Waals surface area contributed by atoms with Crippen molar-refractivity contribution in [3.63, 3.8) is 0 Å². The number of alkyl halides is 3. The third-order valence-electron chi connectivity index (χ3n) is 4.39. The van der Waals surface area contributed by atoms with Crippen molar-refractivity contribution in [2.45, 2.75) is 19.6 Å². The van der Waals surface area contributed by atoms with Crippen LogP contribution in [0.5, 0.6) is 0 Å².